The molecule has 18 heavy (non-hydrogen) atoms. The molecule has 2 heterocycles. The fourth-order valence-corrected chi connectivity index (χ4v) is 2.06. The van der Waals surface area contributed by atoms with Gasteiger partial charge in [-0.25, -0.2) is 0 Å². The molecule has 0 aromatic carbocycles. The minimum atomic E-state index is 0.782. The van der Waals surface area contributed by atoms with Gasteiger partial charge in [0.05, 0.1) is 24.7 Å². The molecule has 0 atom stereocenters. The molecule has 0 aliphatic carbocycles. The van der Waals surface area contributed by atoms with E-state index in [-0.39, 0.29) is 0 Å². The molecule has 1 fully saturated rings. The van der Waals surface area contributed by atoms with Crippen molar-refractivity contribution in [2.24, 2.45) is 0 Å². The van der Waals surface area contributed by atoms with Gasteiger partial charge in [-0.2, -0.15) is 0 Å². The number of hydrogen-bond donors (Lipinski definition) is 0. The maximum absolute atomic E-state index is 5.70. The summed E-state index contributed by atoms with van der Waals surface area (Å²) in [6, 6.07) is 2.11. The first-order chi connectivity index (χ1) is 8.79. The van der Waals surface area contributed by atoms with E-state index < -0.39 is 0 Å². The lowest BCUT2D eigenvalue weighted by Gasteiger charge is -2.33. The third-order valence-corrected chi connectivity index (χ3v) is 3.33. The van der Waals surface area contributed by atoms with E-state index in [0.29, 0.717) is 0 Å². The van der Waals surface area contributed by atoms with E-state index in [4.69, 9.17) is 4.74 Å². The van der Waals surface area contributed by atoms with Crippen LogP contribution in [0.25, 0.3) is 0 Å². The van der Waals surface area contributed by atoms with Crippen LogP contribution >= 0.6 is 0 Å². The molecular formula is C14H23N3O. The van der Waals surface area contributed by atoms with Crippen molar-refractivity contribution < 1.29 is 4.74 Å². The Labute approximate surface area is 110 Å². The molecule has 0 saturated carbocycles. The third kappa shape index (κ3) is 3.60. The third-order valence-electron chi connectivity index (χ3n) is 3.33. The summed E-state index contributed by atoms with van der Waals surface area (Å²) in [5.74, 6) is 0.889. The molecule has 0 bridgehead atoms. The number of anilines is 1. The molecule has 2 rings (SSSR count). The van der Waals surface area contributed by atoms with Crippen LogP contribution in [0.5, 0.6) is 5.75 Å². The summed E-state index contributed by atoms with van der Waals surface area (Å²) >= 11 is 0. The van der Waals surface area contributed by atoms with Crippen LogP contribution in [0.15, 0.2) is 18.5 Å². The van der Waals surface area contributed by atoms with Gasteiger partial charge in [0.15, 0.2) is 0 Å². The number of rotatable bonds is 5. The Kier molecular flexibility index (Phi) is 4.81. The maximum Gasteiger partial charge on any atom is 0.139 e. The van der Waals surface area contributed by atoms with Crippen LogP contribution in [0.1, 0.15) is 19.8 Å². The number of likely N-dealkylation sites (N-methyl/N-ethyl adjacent to an activating group) is 1. The van der Waals surface area contributed by atoms with Gasteiger partial charge in [-0.1, -0.05) is 13.3 Å². The Balaban J connectivity index is 1.94. The van der Waals surface area contributed by atoms with E-state index in [9.17, 15) is 0 Å². The van der Waals surface area contributed by atoms with E-state index in [0.717, 1.165) is 51.4 Å². The first-order valence-electron chi connectivity index (χ1n) is 6.81. The Morgan fingerprint density at radius 2 is 2.00 bits per heavy atom. The minimum Gasteiger partial charge on any atom is -0.492 e. The summed E-state index contributed by atoms with van der Waals surface area (Å²) in [5, 5.41) is 0. The van der Waals surface area contributed by atoms with Gasteiger partial charge >= 0.3 is 0 Å². The predicted molar refractivity (Wildman–Crippen MR) is 74.4 cm³/mol. The topological polar surface area (TPSA) is 28.6 Å². The molecule has 4 heteroatoms. The second-order valence-electron chi connectivity index (χ2n) is 4.87. The molecule has 1 aromatic rings. The highest BCUT2D eigenvalue weighted by atomic mass is 16.5. The summed E-state index contributed by atoms with van der Waals surface area (Å²) in [5.41, 5.74) is 1.18. The van der Waals surface area contributed by atoms with Crippen molar-refractivity contribution in [2.45, 2.75) is 19.8 Å². The van der Waals surface area contributed by atoms with Crippen molar-refractivity contribution in [1.29, 1.82) is 0 Å². The molecule has 0 radical (unpaired) electrons. The van der Waals surface area contributed by atoms with Gasteiger partial charge in [0.25, 0.3) is 0 Å². The summed E-state index contributed by atoms with van der Waals surface area (Å²) in [4.78, 5) is 9.00. The molecule has 100 valence electrons. The minimum absolute atomic E-state index is 0.782. The number of nitrogens with zero attached hydrogens (tertiary/aromatic N) is 3. The number of aromatic nitrogens is 1. The van der Waals surface area contributed by atoms with E-state index in [1.165, 1.54) is 5.69 Å². The first-order valence-corrected chi connectivity index (χ1v) is 6.81. The molecule has 1 aliphatic heterocycles. The highest BCUT2D eigenvalue weighted by Crippen LogP contribution is 2.20. The zero-order valence-corrected chi connectivity index (χ0v) is 11.4. The zero-order chi connectivity index (χ0) is 12.8. The van der Waals surface area contributed by atoms with Gasteiger partial charge in [-0.15, -0.1) is 0 Å². The highest BCUT2D eigenvalue weighted by Gasteiger charge is 2.14. The van der Waals surface area contributed by atoms with Crippen LogP contribution in [-0.4, -0.2) is 49.7 Å². The predicted octanol–water partition coefficient (Wildman–Crippen LogP) is 2.01. The highest BCUT2D eigenvalue weighted by molar-refractivity contribution is 5.48. The average Bonchev–Trinajstić information content (AvgIpc) is 2.40. The standard InChI is InChI=1S/C14H23N3O/c1-3-4-9-18-14-10-13(11-15-12-14)17-7-5-16(2)6-8-17/h10-12H,3-9H2,1-2H3. The van der Waals surface area contributed by atoms with Gasteiger partial charge in [-0.05, 0) is 13.5 Å². The monoisotopic (exact) mass is 249 g/mol. The van der Waals surface area contributed by atoms with Crippen LogP contribution in [-0.2, 0) is 0 Å². The molecule has 1 aliphatic rings. The second-order valence-corrected chi connectivity index (χ2v) is 4.87. The Morgan fingerprint density at radius 1 is 1.22 bits per heavy atom. The van der Waals surface area contributed by atoms with E-state index in [1.807, 2.05) is 6.20 Å². The maximum atomic E-state index is 5.70. The summed E-state index contributed by atoms with van der Waals surface area (Å²) in [7, 11) is 2.17. The quantitative estimate of drug-likeness (QED) is 0.746. The van der Waals surface area contributed by atoms with Gasteiger partial charge in [0, 0.05) is 32.2 Å². The normalized spacial score (nSPS) is 16.9. The van der Waals surface area contributed by atoms with Crippen LogP contribution in [0.4, 0.5) is 5.69 Å². The van der Waals surface area contributed by atoms with Crippen molar-refractivity contribution in [3.8, 4) is 5.75 Å². The average molecular weight is 249 g/mol. The second kappa shape index (κ2) is 6.59. The van der Waals surface area contributed by atoms with E-state index in [2.05, 4.69) is 34.8 Å². The van der Waals surface area contributed by atoms with Crippen LogP contribution < -0.4 is 9.64 Å². The number of ether oxygens (including phenoxy) is 1. The van der Waals surface area contributed by atoms with Crippen LogP contribution in [0.2, 0.25) is 0 Å². The number of piperazine rings is 1. The molecule has 1 aromatic heterocycles. The SMILES string of the molecule is CCCCOc1cncc(N2CCN(C)CC2)c1. The molecule has 1 saturated heterocycles. The van der Waals surface area contributed by atoms with Crippen molar-refractivity contribution in [3.05, 3.63) is 18.5 Å². The van der Waals surface area contributed by atoms with Crippen molar-refractivity contribution in [2.75, 3.05) is 44.7 Å². The lowest BCUT2D eigenvalue weighted by atomic mass is 10.3. The number of hydrogen-bond acceptors (Lipinski definition) is 4. The molecule has 0 N–H and O–H groups in total. The van der Waals surface area contributed by atoms with Crippen molar-refractivity contribution >= 4 is 5.69 Å². The summed E-state index contributed by atoms with van der Waals surface area (Å²) < 4.78 is 5.70. The van der Waals surface area contributed by atoms with Crippen LogP contribution in [0, 0.1) is 0 Å². The van der Waals surface area contributed by atoms with Crippen LogP contribution in [0.3, 0.4) is 0 Å². The summed E-state index contributed by atoms with van der Waals surface area (Å²) in [6.07, 6.45) is 5.98. The number of unbranched alkanes of at least 4 members (excludes halogenated alkanes) is 1. The number of pyridine rings is 1. The van der Waals surface area contributed by atoms with Gasteiger partial charge < -0.3 is 14.5 Å². The summed E-state index contributed by atoms with van der Waals surface area (Å²) in [6.45, 7) is 7.31. The first kappa shape index (κ1) is 13.1. The molecule has 0 spiro atoms. The van der Waals surface area contributed by atoms with E-state index >= 15 is 0 Å². The zero-order valence-electron chi connectivity index (χ0n) is 11.4. The fraction of sp³-hybridized carbons (Fsp3) is 0.643. The van der Waals surface area contributed by atoms with Crippen molar-refractivity contribution in [1.82, 2.24) is 9.88 Å². The van der Waals surface area contributed by atoms with E-state index in [1.54, 1.807) is 6.20 Å². The van der Waals surface area contributed by atoms with Crippen molar-refractivity contribution in [3.63, 3.8) is 0 Å². The molecule has 4 nitrogen and oxygen atoms in total. The Hall–Kier alpha value is -1.29. The largest absolute Gasteiger partial charge is 0.492 e. The fourth-order valence-electron chi connectivity index (χ4n) is 2.06. The Bertz CT molecular complexity index is 362. The smallest absolute Gasteiger partial charge is 0.139 e. The molecule has 0 amide bonds. The lowest BCUT2D eigenvalue weighted by molar-refractivity contribution is 0.305. The van der Waals surface area contributed by atoms with Gasteiger partial charge in [0.1, 0.15) is 5.75 Å². The van der Waals surface area contributed by atoms with Gasteiger partial charge in [-0.3, -0.25) is 4.98 Å². The molecule has 0 unspecified atom stereocenters. The Morgan fingerprint density at radius 3 is 2.72 bits per heavy atom. The van der Waals surface area contributed by atoms with Gasteiger partial charge in [0.2, 0.25) is 0 Å². The lowest BCUT2D eigenvalue weighted by Crippen LogP contribution is -2.44. The molecular weight excluding hydrogens is 226 g/mol.